The molecule has 2 N–H and O–H groups in total. The van der Waals surface area contributed by atoms with E-state index in [2.05, 4.69) is 4.98 Å². The summed E-state index contributed by atoms with van der Waals surface area (Å²) >= 11 is 0. The van der Waals surface area contributed by atoms with Crippen LogP contribution in [0.15, 0.2) is 24.7 Å². The van der Waals surface area contributed by atoms with Crippen LogP contribution in [-0.4, -0.2) is 32.8 Å². The number of allylic oxidation sites excluding steroid dienone is 1. The third kappa shape index (κ3) is 2.67. The topological polar surface area (TPSA) is 81.2 Å². The van der Waals surface area contributed by atoms with Crippen LogP contribution in [-0.2, 0) is 4.79 Å². The normalized spacial score (nSPS) is 19.2. The van der Waals surface area contributed by atoms with Crippen LogP contribution in [0.5, 0.6) is 0 Å². The highest BCUT2D eigenvalue weighted by molar-refractivity contribution is 5.91. The van der Waals surface area contributed by atoms with Gasteiger partial charge in [0.05, 0.1) is 12.5 Å². The number of primary amides is 1. The quantitative estimate of drug-likeness (QED) is 0.824. The molecule has 0 radical (unpaired) electrons. The van der Waals surface area contributed by atoms with E-state index in [1.807, 2.05) is 13.0 Å². The molecular formula is C13H18N4O2. The minimum atomic E-state index is -0.527. The van der Waals surface area contributed by atoms with E-state index in [0.29, 0.717) is 12.2 Å². The smallest absolute Gasteiger partial charge is 0.267 e. The van der Waals surface area contributed by atoms with Gasteiger partial charge in [-0.3, -0.25) is 9.59 Å². The molecule has 2 rings (SSSR count). The Balaban J connectivity index is 2.23. The average molecular weight is 262 g/mol. The van der Waals surface area contributed by atoms with Gasteiger partial charge in [0.25, 0.3) is 5.91 Å². The zero-order valence-electron chi connectivity index (χ0n) is 11.0. The van der Waals surface area contributed by atoms with E-state index < -0.39 is 5.91 Å². The fourth-order valence-electron chi connectivity index (χ4n) is 2.34. The Kier molecular flexibility index (Phi) is 3.99. The number of likely N-dealkylation sites (tertiary alicyclic amines) is 1. The SMILES string of the molecule is CCC=CC(=O)N1CCCC1n1cncc1C(N)=O. The van der Waals surface area contributed by atoms with Gasteiger partial charge in [-0.25, -0.2) is 4.98 Å². The Morgan fingerprint density at radius 2 is 2.37 bits per heavy atom. The van der Waals surface area contributed by atoms with E-state index in [4.69, 9.17) is 5.73 Å². The Bertz CT molecular complexity index is 506. The van der Waals surface area contributed by atoms with Crippen molar-refractivity contribution < 1.29 is 9.59 Å². The fourth-order valence-corrected chi connectivity index (χ4v) is 2.34. The van der Waals surface area contributed by atoms with Gasteiger partial charge in [-0.1, -0.05) is 13.0 Å². The Morgan fingerprint density at radius 1 is 1.58 bits per heavy atom. The number of hydrogen-bond acceptors (Lipinski definition) is 3. The highest BCUT2D eigenvalue weighted by Gasteiger charge is 2.30. The van der Waals surface area contributed by atoms with Crippen molar-refractivity contribution in [3.05, 3.63) is 30.4 Å². The average Bonchev–Trinajstić information content (AvgIpc) is 3.02. The van der Waals surface area contributed by atoms with Gasteiger partial charge in [0.1, 0.15) is 11.9 Å². The number of nitrogens with two attached hydrogens (primary N) is 1. The lowest BCUT2D eigenvalue weighted by Crippen LogP contribution is -2.33. The molecule has 0 saturated carbocycles. The first kappa shape index (κ1) is 13.3. The molecule has 19 heavy (non-hydrogen) atoms. The summed E-state index contributed by atoms with van der Waals surface area (Å²) in [5.41, 5.74) is 5.65. The van der Waals surface area contributed by atoms with E-state index in [9.17, 15) is 9.59 Å². The molecule has 1 atom stereocenters. The molecule has 2 amide bonds. The summed E-state index contributed by atoms with van der Waals surface area (Å²) in [6.07, 6.45) is 8.78. The summed E-state index contributed by atoms with van der Waals surface area (Å²) in [7, 11) is 0. The molecule has 1 fully saturated rings. The third-order valence-electron chi connectivity index (χ3n) is 3.24. The first-order chi connectivity index (χ1) is 9.15. The molecule has 1 aromatic heterocycles. The number of carbonyl (C=O) groups is 2. The third-order valence-corrected chi connectivity index (χ3v) is 3.24. The minimum absolute atomic E-state index is 0.0338. The largest absolute Gasteiger partial charge is 0.364 e. The molecule has 1 saturated heterocycles. The molecule has 0 bridgehead atoms. The van der Waals surface area contributed by atoms with Crippen LogP contribution in [0.1, 0.15) is 42.8 Å². The fraction of sp³-hybridized carbons (Fsp3) is 0.462. The predicted molar refractivity (Wildman–Crippen MR) is 70.2 cm³/mol. The van der Waals surface area contributed by atoms with Crippen molar-refractivity contribution in [2.24, 2.45) is 5.73 Å². The molecule has 6 nitrogen and oxygen atoms in total. The van der Waals surface area contributed by atoms with Crippen molar-refractivity contribution in [3.63, 3.8) is 0 Å². The summed E-state index contributed by atoms with van der Waals surface area (Å²) < 4.78 is 1.69. The van der Waals surface area contributed by atoms with Crippen molar-refractivity contribution in [1.82, 2.24) is 14.5 Å². The van der Waals surface area contributed by atoms with Crippen molar-refractivity contribution in [2.45, 2.75) is 32.4 Å². The molecular weight excluding hydrogens is 244 g/mol. The summed E-state index contributed by atoms with van der Waals surface area (Å²) in [6.45, 7) is 2.67. The number of rotatable bonds is 4. The second-order valence-corrected chi connectivity index (χ2v) is 4.52. The first-order valence-electron chi connectivity index (χ1n) is 6.44. The summed E-state index contributed by atoms with van der Waals surface area (Å²) in [5.74, 6) is -0.561. The Morgan fingerprint density at radius 3 is 3.05 bits per heavy atom. The van der Waals surface area contributed by atoms with Crippen LogP contribution in [0, 0.1) is 0 Å². The lowest BCUT2D eigenvalue weighted by Gasteiger charge is -2.25. The maximum absolute atomic E-state index is 12.1. The lowest BCUT2D eigenvalue weighted by atomic mass is 10.3. The summed E-state index contributed by atoms with van der Waals surface area (Å²) in [4.78, 5) is 29.1. The zero-order chi connectivity index (χ0) is 13.8. The molecule has 1 aliphatic rings. The molecule has 1 aliphatic heterocycles. The highest BCUT2D eigenvalue weighted by atomic mass is 16.2. The maximum atomic E-state index is 12.1. The van der Waals surface area contributed by atoms with Crippen molar-refractivity contribution >= 4 is 11.8 Å². The van der Waals surface area contributed by atoms with Crippen LogP contribution in [0.3, 0.4) is 0 Å². The van der Waals surface area contributed by atoms with Crippen molar-refractivity contribution in [3.8, 4) is 0 Å². The second kappa shape index (κ2) is 5.69. The summed E-state index contributed by atoms with van der Waals surface area (Å²) in [5, 5.41) is 0. The van der Waals surface area contributed by atoms with E-state index in [1.165, 1.54) is 6.20 Å². The van der Waals surface area contributed by atoms with Gasteiger partial charge in [-0.05, 0) is 25.3 Å². The van der Waals surface area contributed by atoms with Crippen molar-refractivity contribution in [1.29, 1.82) is 0 Å². The molecule has 102 valence electrons. The number of nitrogens with zero attached hydrogens (tertiary/aromatic N) is 3. The molecule has 0 aliphatic carbocycles. The Labute approximate surface area is 111 Å². The van der Waals surface area contributed by atoms with Crippen LogP contribution in [0.25, 0.3) is 0 Å². The molecule has 0 spiro atoms. The van der Waals surface area contributed by atoms with Gasteiger partial charge in [0.2, 0.25) is 5.91 Å². The van der Waals surface area contributed by atoms with Crippen LogP contribution in [0.4, 0.5) is 0 Å². The van der Waals surface area contributed by atoms with Gasteiger partial charge in [0, 0.05) is 6.54 Å². The maximum Gasteiger partial charge on any atom is 0.267 e. The van der Waals surface area contributed by atoms with E-state index in [-0.39, 0.29) is 12.1 Å². The van der Waals surface area contributed by atoms with E-state index in [1.54, 1.807) is 21.9 Å². The second-order valence-electron chi connectivity index (χ2n) is 4.52. The molecule has 0 aromatic carbocycles. The summed E-state index contributed by atoms with van der Waals surface area (Å²) in [6, 6.07) is 0. The van der Waals surface area contributed by atoms with E-state index in [0.717, 1.165) is 19.3 Å². The monoisotopic (exact) mass is 262 g/mol. The molecule has 6 heteroatoms. The van der Waals surface area contributed by atoms with Gasteiger partial charge in [-0.15, -0.1) is 0 Å². The van der Waals surface area contributed by atoms with Crippen LogP contribution in [0.2, 0.25) is 0 Å². The minimum Gasteiger partial charge on any atom is -0.364 e. The number of amides is 2. The van der Waals surface area contributed by atoms with Crippen molar-refractivity contribution in [2.75, 3.05) is 6.54 Å². The van der Waals surface area contributed by atoms with Gasteiger partial charge in [-0.2, -0.15) is 0 Å². The van der Waals surface area contributed by atoms with E-state index >= 15 is 0 Å². The van der Waals surface area contributed by atoms with Crippen LogP contribution < -0.4 is 5.73 Å². The zero-order valence-corrected chi connectivity index (χ0v) is 11.0. The highest BCUT2D eigenvalue weighted by Crippen LogP contribution is 2.28. The predicted octanol–water partition coefficient (Wildman–Crippen LogP) is 1.07. The van der Waals surface area contributed by atoms with Crippen LogP contribution >= 0.6 is 0 Å². The molecule has 1 aromatic rings. The van der Waals surface area contributed by atoms with Gasteiger partial charge < -0.3 is 15.2 Å². The number of imidazole rings is 1. The Hall–Kier alpha value is -2.11. The number of carbonyl (C=O) groups excluding carboxylic acids is 2. The first-order valence-corrected chi connectivity index (χ1v) is 6.44. The lowest BCUT2D eigenvalue weighted by molar-refractivity contribution is -0.128. The molecule has 2 heterocycles. The molecule has 1 unspecified atom stereocenters. The number of hydrogen-bond donors (Lipinski definition) is 1. The standard InChI is InChI=1S/C13H18N4O2/c1-2-3-6-12(18)16-7-4-5-11(16)17-9-15-8-10(17)13(14)19/h3,6,8-9,11H,2,4-5,7H2,1H3,(H2,14,19). The number of aromatic nitrogens is 2. The van der Waals surface area contributed by atoms with Gasteiger partial charge in [0.15, 0.2) is 0 Å². The van der Waals surface area contributed by atoms with Gasteiger partial charge >= 0.3 is 0 Å².